The molecule has 4 N–H and O–H groups in total. The van der Waals surface area contributed by atoms with Crippen molar-refractivity contribution in [1.82, 2.24) is 21.7 Å². The van der Waals surface area contributed by atoms with Gasteiger partial charge in [0.2, 0.25) is 11.8 Å². The number of carbonyl (C=O) groups excluding carboxylic acids is 6. The molecule has 244 valence electrons. The molecule has 0 saturated carbocycles. The number of esters is 2. The highest BCUT2D eigenvalue weighted by atomic mass is 16.5. The Morgan fingerprint density at radius 2 is 0.822 bits per heavy atom. The molecule has 0 fully saturated rings. The smallest absolute Gasteiger partial charge is 0.338 e. The van der Waals surface area contributed by atoms with Crippen LogP contribution in [0.15, 0.2) is 48.5 Å². The summed E-state index contributed by atoms with van der Waals surface area (Å²) in [6.07, 6.45) is 4.01. The van der Waals surface area contributed by atoms with Crippen molar-refractivity contribution in [2.75, 3.05) is 26.4 Å². The molecule has 0 spiro atoms. The Kier molecular flexibility index (Phi) is 16.6. The van der Waals surface area contributed by atoms with Crippen LogP contribution < -0.4 is 31.2 Å². The maximum Gasteiger partial charge on any atom is 0.338 e. The van der Waals surface area contributed by atoms with Gasteiger partial charge in [0.15, 0.2) is 13.2 Å². The summed E-state index contributed by atoms with van der Waals surface area (Å²) < 4.78 is 20.5. The zero-order valence-electron chi connectivity index (χ0n) is 25.5. The van der Waals surface area contributed by atoms with Gasteiger partial charge in [-0.3, -0.25) is 40.9 Å². The highest BCUT2D eigenvalue weighted by Gasteiger charge is 2.10. The van der Waals surface area contributed by atoms with E-state index in [-0.39, 0.29) is 51.1 Å². The van der Waals surface area contributed by atoms with E-state index in [1.165, 1.54) is 24.3 Å². The number of ether oxygens (including phenoxy) is 4. The molecule has 14 nitrogen and oxygen atoms in total. The lowest BCUT2D eigenvalue weighted by Crippen LogP contribution is -2.43. The van der Waals surface area contributed by atoms with Gasteiger partial charge in [0.25, 0.3) is 11.8 Å². The summed E-state index contributed by atoms with van der Waals surface area (Å²) in [6, 6.07) is 12.3. The van der Waals surface area contributed by atoms with Gasteiger partial charge in [0, 0.05) is 12.8 Å². The van der Waals surface area contributed by atoms with E-state index in [2.05, 4.69) is 21.7 Å². The monoisotopic (exact) mass is 628 g/mol. The largest absolute Gasteiger partial charge is 0.484 e. The molecule has 2 aromatic carbocycles. The van der Waals surface area contributed by atoms with Crippen LogP contribution in [0, 0.1) is 0 Å². The van der Waals surface area contributed by atoms with E-state index in [1.807, 2.05) is 0 Å². The average Bonchev–Trinajstić information content (AvgIpc) is 3.04. The fourth-order valence-corrected chi connectivity index (χ4v) is 3.68. The molecule has 4 amide bonds. The number of benzene rings is 2. The summed E-state index contributed by atoms with van der Waals surface area (Å²) in [6.45, 7) is 3.32. The van der Waals surface area contributed by atoms with Crippen molar-refractivity contribution in [3.05, 3.63) is 59.7 Å². The molecule has 0 aliphatic rings. The third-order valence-electron chi connectivity index (χ3n) is 5.96. The minimum atomic E-state index is -0.540. The lowest BCUT2D eigenvalue weighted by Gasteiger charge is -2.10. The van der Waals surface area contributed by atoms with E-state index in [0.717, 1.165) is 19.3 Å². The van der Waals surface area contributed by atoms with Gasteiger partial charge >= 0.3 is 11.9 Å². The van der Waals surface area contributed by atoms with Gasteiger partial charge in [-0.2, -0.15) is 0 Å². The van der Waals surface area contributed by atoms with Gasteiger partial charge < -0.3 is 18.9 Å². The lowest BCUT2D eigenvalue weighted by atomic mass is 10.1. The zero-order valence-corrected chi connectivity index (χ0v) is 25.5. The van der Waals surface area contributed by atoms with Gasteiger partial charge in [-0.1, -0.05) is 19.3 Å². The fraction of sp³-hybridized carbons (Fsp3) is 0.419. The molecule has 0 aliphatic heterocycles. The molecule has 0 bridgehead atoms. The maximum absolute atomic E-state index is 11.9. The van der Waals surface area contributed by atoms with Crippen LogP contribution in [0.5, 0.6) is 11.5 Å². The van der Waals surface area contributed by atoms with E-state index >= 15 is 0 Å². The standard InChI is InChI=1S/C31H40N4O10/c1-3-42-30(40)22-12-16-24(17-13-22)44-20-28(38)34-32-26(36)10-8-6-5-7-9-11-27(37)33-35-29(39)21-45-25-18-14-23(15-19-25)31(41)43-4-2/h12-19H,3-11,20-21H2,1-2H3,(H,32,36)(H,33,37)(H,34,38)(H,35,39). The first kappa shape index (κ1) is 36.1. The van der Waals surface area contributed by atoms with Crippen LogP contribution in [0.1, 0.15) is 79.5 Å². The average molecular weight is 629 g/mol. The quantitative estimate of drug-likeness (QED) is 0.109. The van der Waals surface area contributed by atoms with E-state index in [1.54, 1.807) is 38.1 Å². The molecule has 0 atom stereocenters. The zero-order chi connectivity index (χ0) is 32.9. The highest BCUT2D eigenvalue weighted by Crippen LogP contribution is 2.14. The topological polar surface area (TPSA) is 187 Å². The van der Waals surface area contributed by atoms with Crippen molar-refractivity contribution in [2.45, 2.75) is 58.8 Å². The third kappa shape index (κ3) is 15.2. The van der Waals surface area contributed by atoms with E-state index in [0.29, 0.717) is 35.5 Å². The van der Waals surface area contributed by atoms with E-state index in [4.69, 9.17) is 18.9 Å². The summed E-state index contributed by atoms with van der Waals surface area (Å²) in [5, 5.41) is 0. The number of hydrogen-bond donors (Lipinski definition) is 4. The minimum absolute atomic E-state index is 0.223. The number of hydrazine groups is 2. The molecule has 0 saturated heterocycles. The van der Waals surface area contributed by atoms with Gasteiger partial charge in [-0.05, 0) is 75.2 Å². The van der Waals surface area contributed by atoms with Crippen LogP contribution in [0.3, 0.4) is 0 Å². The summed E-state index contributed by atoms with van der Waals surface area (Å²) >= 11 is 0. The Morgan fingerprint density at radius 1 is 0.489 bits per heavy atom. The summed E-state index contributed by atoms with van der Waals surface area (Å²) in [5.74, 6) is -1.88. The fourth-order valence-electron chi connectivity index (χ4n) is 3.68. The van der Waals surface area contributed by atoms with Crippen LogP contribution in [-0.2, 0) is 28.7 Å². The normalized spacial score (nSPS) is 10.2. The van der Waals surface area contributed by atoms with Crippen molar-refractivity contribution < 1.29 is 47.7 Å². The van der Waals surface area contributed by atoms with Crippen LogP contribution in [0.4, 0.5) is 0 Å². The van der Waals surface area contributed by atoms with Crippen molar-refractivity contribution in [3.8, 4) is 11.5 Å². The summed E-state index contributed by atoms with van der Waals surface area (Å²) in [7, 11) is 0. The first-order valence-corrected chi connectivity index (χ1v) is 14.7. The first-order chi connectivity index (χ1) is 21.7. The molecule has 14 heteroatoms. The molecule has 2 rings (SSSR count). The number of rotatable bonds is 18. The first-order valence-electron chi connectivity index (χ1n) is 14.7. The Labute approximate surface area is 261 Å². The lowest BCUT2D eigenvalue weighted by molar-refractivity contribution is -0.130. The molecule has 0 heterocycles. The minimum Gasteiger partial charge on any atom is -0.484 e. The van der Waals surface area contributed by atoms with Gasteiger partial charge in [0.05, 0.1) is 24.3 Å². The molecule has 0 aromatic heterocycles. The number of unbranched alkanes of at least 4 members (excludes halogenated alkanes) is 4. The molecular weight excluding hydrogens is 588 g/mol. The molecule has 0 aliphatic carbocycles. The second-order valence-electron chi connectivity index (χ2n) is 9.53. The van der Waals surface area contributed by atoms with Crippen LogP contribution in [-0.4, -0.2) is 62.0 Å². The highest BCUT2D eigenvalue weighted by molar-refractivity contribution is 5.90. The van der Waals surface area contributed by atoms with Crippen molar-refractivity contribution >= 4 is 35.6 Å². The third-order valence-corrected chi connectivity index (χ3v) is 5.96. The van der Waals surface area contributed by atoms with Crippen molar-refractivity contribution in [3.63, 3.8) is 0 Å². The predicted octanol–water partition coefficient (Wildman–Crippen LogP) is 2.52. The number of amides is 4. The SMILES string of the molecule is CCOC(=O)c1ccc(OCC(=O)NNC(=O)CCCCCCCC(=O)NNC(=O)COc2ccc(C(=O)OCC)cc2)cc1. The Hall–Kier alpha value is -5.14. The summed E-state index contributed by atoms with van der Waals surface area (Å²) in [4.78, 5) is 71.0. The van der Waals surface area contributed by atoms with Gasteiger partial charge in [0.1, 0.15) is 11.5 Å². The Balaban J connectivity index is 1.45. The van der Waals surface area contributed by atoms with E-state index in [9.17, 15) is 28.8 Å². The number of carbonyl (C=O) groups is 6. The maximum atomic E-state index is 11.9. The molecule has 0 radical (unpaired) electrons. The van der Waals surface area contributed by atoms with Crippen molar-refractivity contribution in [2.24, 2.45) is 0 Å². The second-order valence-corrected chi connectivity index (χ2v) is 9.53. The molecule has 0 unspecified atom stereocenters. The van der Waals surface area contributed by atoms with Gasteiger partial charge in [-0.15, -0.1) is 0 Å². The van der Waals surface area contributed by atoms with Crippen LogP contribution in [0.2, 0.25) is 0 Å². The number of nitrogens with one attached hydrogen (secondary N) is 4. The Bertz CT molecular complexity index is 1170. The van der Waals surface area contributed by atoms with E-state index < -0.39 is 23.8 Å². The molecular formula is C31H40N4O10. The predicted molar refractivity (Wildman–Crippen MR) is 161 cm³/mol. The Morgan fingerprint density at radius 3 is 1.18 bits per heavy atom. The number of hydrogen-bond acceptors (Lipinski definition) is 10. The molecule has 45 heavy (non-hydrogen) atoms. The van der Waals surface area contributed by atoms with Crippen LogP contribution in [0.25, 0.3) is 0 Å². The van der Waals surface area contributed by atoms with Crippen molar-refractivity contribution in [1.29, 1.82) is 0 Å². The summed E-state index contributed by atoms with van der Waals surface area (Å²) in [5.41, 5.74) is 9.97. The van der Waals surface area contributed by atoms with Gasteiger partial charge in [-0.25, -0.2) is 9.59 Å². The molecule has 2 aromatic rings. The van der Waals surface area contributed by atoms with Crippen LogP contribution >= 0.6 is 0 Å². The second kappa shape index (κ2) is 20.7.